The third-order valence-electron chi connectivity index (χ3n) is 3.31. The zero-order valence-corrected chi connectivity index (χ0v) is 11.9. The van der Waals surface area contributed by atoms with Crippen LogP contribution in [0.4, 0.5) is 0 Å². The van der Waals surface area contributed by atoms with Gasteiger partial charge < -0.3 is 0 Å². The van der Waals surface area contributed by atoms with E-state index in [1.54, 1.807) is 11.8 Å². The number of carbonyl (C=O) groups excluding carboxylic acids is 2. The molecule has 5 heteroatoms. The number of rotatable bonds is 4. The van der Waals surface area contributed by atoms with Gasteiger partial charge in [0.05, 0.1) is 6.04 Å². The van der Waals surface area contributed by atoms with Crippen molar-refractivity contribution in [3.63, 3.8) is 0 Å². The summed E-state index contributed by atoms with van der Waals surface area (Å²) < 4.78 is 0. The Bertz CT molecular complexity index is 473. The summed E-state index contributed by atoms with van der Waals surface area (Å²) in [6.07, 6.45) is 3.01. The van der Waals surface area contributed by atoms with Crippen molar-refractivity contribution < 1.29 is 9.59 Å². The summed E-state index contributed by atoms with van der Waals surface area (Å²) in [6, 6.07) is 8.07. The van der Waals surface area contributed by atoms with E-state index in [1.807, 2.05) is 13.2 Å². The number of piperidine rings is 1. The summed E-state index contributed by atoms with van der Waals surface area (Å²) in [5, 5.41) is 5.63. The molecule has 1 aromatic rings. The number of hydrogen-bond acceptors (Lipinski definition) is 4. The molecular formula is C14H18N2O2S. The Morgan fingerprint density at radius 3 is 2.58 bits per heavy atom. The molecule has 1 fully saturated rings. The highest BCUT2D eigenvalue weighted by atomic mass is 32.2. The molecule has 4 nitrogen and oxygen atoms in total. The fourth-order valence-corrected chi connectivity index (χ4v) is 2.55. The number of amides is 2. The maximum atomic E-state index is 11.7. The molecule has 0 aromatic heterocycles. The molecule has 19 heavy (non-hydrogen) atoms. The Labute approximate surface area is 117 Å². The molecule has 1 aliphatic heterocycles. The number of nitrogens with one attached hydrogen (secondary N) is 2. The molecule has 2 rings (SSSR count). The Morgan fingerprint density at radius 1 is 1.32 bits per heavy atom. The molecule has 0 saturated carbocycles. The zero-order chi connectivity index (χ0) is 13.8. The van der Waals surface area contributed by atoms with E-state index >= 15 is 0 Å². The predicted octanol–water partition coefficient (Wildman–Crippen LogP) is 1.86. The first kappa shape index (κ1) is 14.1. The Hall–Kier alpha value is -1.33. The standard InChI is InChI=1S/C14H18N2O2S/c1-9(10-3-5-11(19-2)6-4-10)15-12-7-8-13(17)16-14(12)18/h3-6,9,12,15H,7-8H2,1-2H3,(H,16,17,18). The van der Waals surface area contributed by atoms with Crippen molar-refractivity contribution in [3.8, 4) is 0 Å². The van der Waals surface area contributed by atoms with Crippen molar-refractivity contribution >= 4 is 23.6 Å². The van der Waals surface area contributed by atoms with E-state index in [9.17, 15) is 9.59 Å². The lowest BCUT2D eigenvalue weighted by Crippen LogP contribution is -2.51. The van der Waals surface area contributed by atoms with Gasteiger partial charge >= 0.3 is 0 Å². The summed E-state index contributed by atoms with van der Waals surface area (Å²) in [7, 11) is 0. The van der Waals surface area contributed by atoms with E-state index in [4.69, 9.17) is 0 Å². The first-order valence-electron chi connectivity index (χ1n) is 6.34. The van der Waals surface area contributed by atoms with Crippen LogP contribution in [0.2, 0.25) is 0 Å². The van der Waals surface area contributed by atoms with Crippen molar-refractivity contribution in [2.24, 2.45) is 0 Å². The van der Waals surface area contributed by atoms with Gasteiger partial charge in [-0.3, -0.25) is 20.2 Å². The Morgan fingerprint density at radius 2 is 2.00 bits per heavy atom. The molecule has 1 aromatic carbocycles. The van der Waals surface area contributed by atoms with Gasteiger partial charge in [-0.25, -0.2) is 0 Å². The maximum absolute atomic E-state index is 11.7. The van der Waals surface area contributed by atoms with E-state index in [0.717, 1.165) is 5.56 Å². The number of carbonyl (C=O) groups is 2. The van der Waals surface area contributed by atoms with Crippen molar-refractivity contribution in [1.29, 1.82) is 0 Å². The van der Waals surface area contributed by atoms with Gasteiger partial charge in [0, 0.05) is 17.4 Å². The van der Waals surface area contributed by atoms with Gasteiger partial charge in [-0.15, -0.1) is 11.8 Å². The van der Waals surface area contributed by atoms with Crippen LogP contribution in [0.3, 0.4) is 0 Å². The van der Waals surface area contributed by atoms with Gasteiger partial charge in [-0.1, -0.05) is 12.1 Å². The van der Waals surface area contributed by atoms with Crippen molar-refractivity contribution in [3.05, 3.63) is 29.8 Å². The Kier molecular flexibility index (Phi) is 4.61. The largest absolute Gasteiger partial charge is 0.299 e. The fourth-order valence-electron chi connectivity index (χ4n) is 2.14. The molecule has 0 spiro atoms. The zero-order valence-electron chi connectivity index (χ0n) is 11.1. The average Bonchev–Trinajstić information content (AvgIpc) is 2.42. The molecule has 0 aliphatic carbocycles. The smallest absolute Gasteiger partial charge is 0.243 e. The molecule has 0 radical (unpaired) electrons. The molecular weight excluding hydrogens is 260 g/mol. The monoisotopic (exact) mass is 278 g/mol. The third-order valence-corrected chi connectivity index (χ3v) is 4.05. The van der Waals surface area contributed by atoms with Crippen molar-refractivity contribution in [2.45, 2.75) is 36.7 Å². The van der Waals surface area contributed by atoms with E-state index in [-0.39, 0.29) is 23.9 Å². The van der Waals surface area contributed by atoms with Crippen LogP contribution in [0.1, 0.15) is 31.4 Å². The van der Waals surface area contributed by atoms with Crippen LogP contribution in [-0.4, -0.2) is 24.1 Å². The molecule has 1 heterocycles. The minimum Gasteiger partial charge on any atom is -0.299 e. The first-order valence-corrected chi connectivity index (χ1v) is 7.56. The fraction of sp³-hybridized carbons (Fsp3) is 0.429. The average molecular weight is 278 g/mol. The normalized spacial score (nSPS) is 21.1. The molecule has 1 aliphatic rings. The molecule has 2 atom stereocenters. The van der Waals surface area contributed by atoms with Crippen LogP contribution in [-0.2, 0) is 9.59 Å². The maximum Gasteiger partial charge on any atom is 0.243 e. The third kappa shape index (κ3) is 3.58. The van der Waals surface area contributed by atoms with Crippen LogP contribution in [0.15, 0.2) is 29.2 Å². The topological polar surface area (TPSA) is 58.2 Å². The van der Waals surface area contributed by atoms with Crippen LogP contribution in [0.25, 0.3) is 0 Å². The molecule has 2 amide bonds. The molecule has 102 valence electrons. The number of thioether (sulfide) groups is 1. The first-order chi connectivity index (χ1) is 9.10. The summed E-state index contributed by atoms with van der Waals surface area (Å²) in [6.45, 7) is 2.03. The van der Waals surface area contributed by atoms with E-state index in [1.165, 1.54) is 4.90 Å². The predicted molar refractivity (Wildman–Crippen MR) is 75.9 cm³/mol. The quantitative estimate of drug-likeness (QED) is 0.652. The van der Waals surface area contributed by atoms with Gasteiger partial charge in [0.2, 0.25) is 11.8 Å². The molecule has 2 unspecified atom stereocenters. The summed E-state index contributed by atoms with van der Waals surface area (Å²) in [5.41, 5.74) is 1.14. The van der Waals surface area contributed by atoms with Gasteiger partial charge in [-0.05, 0) is 37.3 Å². The second-order valence-corrected chi connectivity index (χ2v) is 5.54. The highest BCUT2D eigenvalue weighted by Gasteiger charge is 2.27. The lowest BCUT2D eigenvalue weighted by atomic mass is 10.0. The van der Waals surface area contributed by atoms with Crippen LogP contribution >= 0.6 is 11.8 Å². The van der Waals surface area contributed by atoms with E-state index in [2.05, 4.69) is 34.9 Å². The lowest BCUT2D eigenvalue weighted by Gasteiger charge is -2.25. The molecule has 2 N–H and O–H groups in total. The minimum atomic E-state index is -0.284. The van der Waals surface area contributed by atoms with Crippen LogP contribution in [0, 0.1) is 0 Å². The van der Waals surface area contributed by atoms with Crippen LogP contribution < -0.4 is 10.6 Å². The van der Waals surface area contributed by atoms with Crippen LogP contribution in [0.5, 0.6) is 0 Å². The second kappa shape index (κ2) is 6.21. The highest BCUT2D eigenvalue weighted by molar-refractivity contribution is 7.98. The Balaban J connectivity index is 1.98. The number of hydrogen-bond donors (Lipinski definition) is 2. The van der Waals surface area contributed by atoms with Gasteiger partial charge in [-0.2, -0.15) is 0 Å². The second-order valence-electron chi connectivity index (χ2n) is 4.67. The lowest BCUT2D eigenvalue weighted by molar-refractivity contribution is -0.134. The molecule has 1 saturated heterocycles. The molecule has 0 bridgehead atoms. The SMILES string of the molecule is CSc1ccc(C(C)NC2CCC(=O)NC2=O)cc1. The van der Waals surface area contributed by atoms with E-state index < -0.39 is 0 Å². The highest BCUT2D eigenvalue weighted by Crippen LogP contribution is 2.20. The summed E-state index contributed by atoms with van der Waals surface area (Å²) in [5.74, 6) is -0.399. The van der Waals surface area contributed by atoms with E-state index in [0.29, 0.717) is 12.8 Å². The summed E-state index contributed by atoms with van der Waals surface area (Å²) >= 11 is 1.70. The van der Waals surface area contributed by atoms with Crippen molar-refractivity contribution in [1.82, 2.24) is 10.6 Å². The number of benzene rings is 1. The van der Waals surface area contributed by atoms with Gasteiger partial charge in [0.1, 0.15) is 0 Å². The number of imide groups is 1. The van der Waals surface area contributed by atoms with Gasteiger partial charge in [0.25, 0.3) is 0 Å². The summed E-state index contributed by atoms with van der Waals surface area (Å²) in [4.78, 5) is 24.0. The minimum absolute atomic E-state index is 0.0832. The van der Waals surface area contributed by atoms with Crippen molar-refractivity contribution in [2.75, 3.05) is 6.26 Å². The van der Waals surface area contributed by atoms with Gasteiger partial charge in [0.15, 0.2) is 0 Å².